The number of carboxylic acids is 1. The van der Waals surface area contributed by atoms with Crippen molar-refractivity contribution < 1.29 is 28.7 Å². The van der Waals surface area contributed by atoms with Crippen LogP contribution in [0.3, 0.4) is 0 Å². The number of halogens is 1. The van der Waals surface area contributed by atoms with Crippen molar-refractivity contribution in [3.8, 4) is 11.5 Å². The number of anilines is 2. The van der Waals surface area contributed by atoms with Gasteiger partial charge in [-0.25, -0.2) is 9.37 Å². The number of nitrogens with zero attached hydrogens (tertiary/aromatic N) is 3. The molecule has 0 bridgehead atoms. The molecule has 1 aliphatic carbocycles. The number of fused-ring (bicyclic) bond motifs is 1. The van der Waals surface area contributed by atoms with Gasteiger partial charge in [0.05, 0.1) is 30.1 Å². The lowest BCUT2D eigenvalue weighted by Gasteiger charge is -2.36. The van der Waals surface area contributed by atoms with Crippen LogP contribution >= 0.6 is 0 Å². The molecule has 11 heteroatoms. The summed E-state index contributed by atoms with van der Waals surface area (Å²) in [6.07, 6.45) is 1.57. The van der Waals surface area contributed by atoms with E-state index in [1.54, 1.807) is 0 Å². The van der Waals surface area contributed by atoms with Crippen LogP contribution in [-0.2, 0) is 11.3 Å². The summed E-state index contributed by atoms with van der Waals surface area (Å²) in [7, 11) is 0. The molecule has 1 atom stereocenters. The summed E-state index contributed by atoms with van der Waals surface area (Å²) in [5.41, 5.74) is 5.58. The molecule has 4 rings (SSSR count). The van der Waals surface area contributed by atoms with Crippen LogP contribution in [0.15, 0.2) is 24.3 Å². The Bertz CT molecular complexity index is 1070. The third-order valence-electron chi connectivity index (χ3n) is 5.84. The Balaban J connectivity index is 1.60. The predicted octanol–water partition coefficient (Wildman–Crippen LogP) is 3.13. The van der Waals surface area contributed by atoms with Crippen molar-refractivity contribution >= 4 is 23.3 Å². The van der Waals surface area contributed by atoms with Crippen molar-refractivity contribution in [1.29, 1.82) is 0 Å². The lowest BCUT2D eigenvalue weighted by atomic mass is 10.0. The molecule has 0 spiro atoms. The monoisotopic (exact) mass is 446 g/mol. The zero-order valence-corrected chi connectivity index (χ0v) is 17.4. The van der Waals surface area contributed by atoms with Crippen LogP contribution < -0.4 is 20.1 Å². The second-order valence-electron chi connectivity index (χ2n) is 8.37. The van der Waals surface area contributed by atoms with Crippen molar-refractivity contribution in [2.45, 2.75) is 38.8 Å². The predicted molar refractivity (Wildman–Crippen MR) is 112 cm³/mol. The van der Waals surface area contributed by atoms with Gasteiger partial charge in [-0.1, -0.05) is 0 Å². The van der Waals surface area contributed by atoms with Gasteiger partial charge in [0.2, 0.25) is 5.82 Å². The second kappa shape index (κ2) is 8.13. The first-order chi connectivity index (χ1) is 15.2. The number of carboxylic acid groups (broad SMARTS) is 1. The van der Waals surface area contributed by atoms with Crippen molar-refractivity contribution in [2.75, 3.05) is 23.8 Å². The van der Waals surface area contributed by atoms with Gasteiger partial charge < -0.3 is 25.2 Å². The van der Waals surface area contributed by atoms with Crippen LogP contribution in [0.5, 0.6) is 11.5 Å². The van der Waals surface area contributed by atoms with E-state index in [9.17, 15) is 19.3 Å². The molecule has 1 saturated carbocycles. The van der Waals surface area contributed by atoms with E-state index >= 15 is 0 Å². The summed E-state index contributed by atoms with van der Waals surface area (Å²) >= 11 is 0. The molecule has 3 N–H and O–H groups in total. The summed E-state index contributed by atoms with van der Waals surface area (Å²) in [5.74, 6) is -0.569. The van der Waals surface area contributed by atoms with Gasteiger partial charge in [0, 0.05) is 17.5 Å². The Morgan fingerprint density at radius 1 is 1.47 bits per heavy atom. The van der Waals surface area contributed by atoms with Gasteiger partial charge in [0.15, 0.2) is 11.6 Å². The van der Waals surface area contributed by atoms with E-state index in [0.29, 0.717) is 17.1 Å². The van der Waals surface area contributed by atoms with Crippen LogP contribution in [-0.4, -0.2) is 40.2 Å². The Morgan fingerprint density at radius 3 is 2.88 bits per heavy atom. The highest BCUT2D eigenvalue weighted by molar-refractivity contribution is 5.68. The van der Waals surface area contributed by atoms with Crippen LogP contribution in [0.25, 0.3) is 0 Å². The summed E-state index contributed by atoms with van der Waals surface area (Å²) in [5, 5.41) is 20.3. The molecule has 1 aromatic heterocycles. The zero-order valence-electron chi connectivity index (χ0n) is 17.4. The number of rotatable bonds is 8. The maximum absolute atomic E-state index is 14.1. The SMILES string of the molecule is CC1COc2cc([N+](=O)[O-])c(N)nc2N1Cc1cc(F)ccc1OCC1(CC(=O)O)CC1. The number of benzene rings is 1. The molecular weight excluding hydrogens is 423 g/mol. The first-order valence-corrected chi connectivity index (χ1v) is 10.1. The molecule has 170 valence electrons. The van der Waals surface area contributed by atoms with Gasteiger partial charge in [-0.2, -0.15) is 0 Å². The van der Waals surface area contributed by atoms with Crippen molar-refractivity contribution in [3.05, 3.63) is 45.8 Å². The minimum Gasteiger partial charge on any atom is -0.493 e. The van der Waals surface area contributed by atoms with E-state index in [1.807, 2.05) is 11.8 Å². The van der Waals surface area contributed by atoms with Crippen LogP contribution in [0.2, 0.25) is 0 Å². The van der Waals surface area contributed by atoms with E-state index in [4.69, 9.17) is 20.3 Å². The number of nitro groups is 1. The molecule has 1 aromatic carbocycles. The minimum absolute atomic E-state index is 0.0272. The Hall–Kier alpha value is -3.63. The van der Waals surface area contributed by atoms with Crippen molar-refractivity contribution in [2.24, 2.45) is 5.41 Å². The van der Waals surface area contributed by atoms with Crippen LogP contribution in [0, 0.1) is 21.3 Å². The standard InChI is InChI=1S/C21H23FN4O6/c1-12-10-31-17-7-15(26(29)30)19(23)24-20(17)25(12)9-13-6-14(22)2-3-16(13)32-11-21(4-5-21)8-18(27)28/h2-3,6-7,12H,4-5,8-11H2,1H3,(H2,23,24)(H,27,28). The number of nitrogens with two attached hydrogens (primary N) is 1. The van der Waals surface area contributed by atoms with Crippen molar-refractivity contribution in [3.63, 3.8) is 0 Å². The fourth-order valence-corrected chi connectivity index (χ4v) is 3.78. The molecule has 2 heterocycles. The Morgan fingerprint density at radius 2 is 2.22 bits per heavy atom. The lowest BCUT2D eigenvalue weighted by molar-refractivity contribution is -0.384. The number of nitrogen functional groups attached to an aromatic ring is 1. The number of hydrogen-bond acceptors (Lipinski definition) is 8. The largest absolute Gasteiger partial charge is 0.493 e. The van der Waals surface area contributed by atoms with Crippen molar-refractivity contribution in [1.82, 2.24) is 4.98 Å². The fraction of sp³-hybridized carbons (Fsp3) is 0.429. The molecule has 0 radical (unpaired) electrons. The summed E-state index contributed by atoms with van der Waals surface area (Å²) in [4.78, 5) is 27.7. The average molecular weight is 446 g/mol. The number of pyridine rings is 1. The third kappa shape index (κ3) is 4.36. The maximum atomic E-state index is 14.1. The molecule has 0 amide bonds. The normalized spacial score (nSPS) is 18.4. The first kappa shape index (κ1) is 21.6. The van der Waals surface area contributed by atoms with E-state index in [-0.39, 0.29) is 54.9 Å². The van der Waals surface area contributed by atoms with Crippen LogP contribution in [0.1, 0.15) is 31.7 Å². The van der Waals surface area contributed by atoms with Gasteiger partial charge in [0.1, 0.15) is 18.2 Å². The lowest BCUT2D eigenvalue weighted by Crippen LogP contribution is -2.41. The summed E-state index contributed by atoms with van der Waals surface area (Å²) in [6, 6.07) is 5.22. The molecule has 0 saturated heterocycles. The quantitative estimate of drug-likeness (QED) is 0.462. The molecule has 1 fully saturated rings. The topological polar surface area (TPSA) is 141 Å². The summed E-state index contributed by atoms with van der Waals surface area (Å²) < 4.78 is 25.6. The summed E-state index contributed by atoms with van der Waals surface area (Å²) in [6.45, 7) is 2.56. The highest BCUT2D eigenvalue weighted by Gasteiger charge is 2.45. The molecule has 2 aromatic rings. The Kier molecular flexibility index (Phi) is 5.49. The zero-order chi connectivity index (χ0) is 23.0. The number of aromatic nitrogens is 1. The second-order valence-corrected chi connectivity index (χ2v) is 8.37. The van der Waals surface area contributed by atoms with Gasteiger partial charge in [-0.05, 0) is 38.0 Å². The highest BCUT2D eigenvalue weighted by atomic mass is 19.1. The number of hydrogen-bond donors (Lipinski definition) is 2. The number of aliphatic carboxylic acids is 1. The van der Waals surface area contributed by atoms with Gasteiger partial charge in [0.25, 0.3) is 0 Å². The fourth-order valence-electron chi connectivity index (χ4n) is 3.78. The van der Waals surface area contributed by atoms with Gasteiger partial charge in [-0.15, -0.1) is 0 Å². The molecule has 1 unspecified atom stereocenters. The molecule has 2 aliphatic rings. The van der Waals surface area contributed by atoms with Gasteiger partial charge >= 0.3 is 11.7 Å². The molecular formula is C21H23FN4O6. The van der Waals surface area contributed by atoms with Crippen LogP contribution in [0.4, 0.5) is 21.7 Å². The molecule has 32 heavy (non-hydrogen) atoms. The number of carbonyl (C=O) groups is 1. The third-order valence-corrected chi connectivity index (χ3v) is 5.84. The smallest absolute Gasteiger partial charge is 0.315 e. The van der Waals surface area contributed by atoms with Gasteiger partial charge in [-0.3, -0.25) is 14.9 Å². The molecule has 10 nitrogen and oxygen atoms in total. The van der Waals surface area contributed by atoms with E-state index in [1.165, 1.54) is 24.3 Å². The molecule has 1 aliphatic heterocycles. The van der Waals surface area contributed by atoms with E-state index < -0.39 is 16.7 Å². The van der Waals surface area contributed by atoms with E-state index in [0.717, 1.165) is 12.8 Å². The minimum atomic E-state index is -0.873. The first-order valence-electron chi connectivity index (χ1n) is 10.1. The average Bonchev–Trinajstić information content (AvgIpc) is 3.48. The maximum Gasteiger partial charge on any atom is 0.315 e. The number of ether oxygens (including phenoxy) is 2. The highest BCUT2D eigenvalue weighted by Crippen LogP contribution is 2.49. The van der Waals surface area contributed by atoms with E-state index in [2.05, 4.69) is 4.98 Å². The Labute approximate surface area is 182 Å².